The topological polar surface area (TPSA) is 75.3 Å². The minimum atomic E-state index is -4.42. The summed E-state index contributed by atoms with van der Waals surface area (Å²) in [6.07, 6.45) is -3.07. The zero-order chi connectivity index (χ0) is 20.7. The molecular formula is C18H16F4N2O3S. The molecule has 10 heteroatoms. The van der Waals surface area contributed by atoms with Crippen molar-refractivity contribution in [2.24, 2.45) is 5.92 Å². The lowest BCUT2D eigenvalue weighted by Crippen LogP contribution is -2.16. The van der Waals surface area contributed by atoms with E-state index >= 15 is 0 Å². The second-order valence-corrected chi connectivity index (χ2v) is 8.38. The van der Waals surface area contributed by atoms with E-state index in [4.69, 9.17) is 0 Å². The highest BCUT2D eigenvalue weighted by Gasteiger charge is 2.44. The van der Waals surface area contributed by atoms with Gasteiger partial charge in [0.05, 0.1) is 17.5 Å². The van der Waals surface area contributed by atoms with Crippen molar-refractivity contribution < 1.29 is 30.8 Å². The van der Waals surface area contributed by atoms with Crippen molar-refractivity contribution in [1.82, 2.24) is 0 Å². The van der Waals surface area contributed by atoms with Gasteiger partial charge in [0.1, 0.15) is 5.82 Å². The number of amides is 1. The Labute approximate surface area is 158 Å². The van der Waals surface area contributed by atoms with Crippen LogP contribution in [0.3, 0.4) is 0 Å². The van der Waals surface area contributed by atoms with Crippen LogP contribution in [-0.4, -0.2) is 20.6 Å². The summed E-state index contributed by atoms with van der Waals surface area (Å²) in [7, 11) is -3.69. The van der Waals surface area contributed by atoms with Crippen LogP contribution in [0.2, 0.25) is 0 Å². The second kappa shape index (κ2) is 7.08. The van der Waals surface area contributed by atoms with E-state index in [1.165, 1.54) is 18.2 Å². The van der Waals surface area contributed by atoms with Gasteiger partial charge in [-0.05, 0) is 48.2 Å². The van der Waals surface area contributed by atoms with Crippen LogP contribution in [0, 0.1) is 11.7 Å². The highest BCUT2D eigenvalue weighted by atomic mass is 32.2. The third kappa shape index (κ3) is 4.80. The Kier molecular flexibility index (Phi) is 5.09. The maximum absolute atomic E-state index is 13.7. The summed E-state index contributed by atoms with van der Waals surface area (Å²) in [4.78, 5) is 12.3. The number of carbonyl (C=O) groups is 1. The summed E-state index contributed by atoms with van der Waals surface area (Å²) >= 11 is 0. The minimum Gasteiger partial charge on any atom is -0.326 e. The van der Waals surface area contributed by atoms with E-state index in [0.29, 0.717) is 12.0 Å². The monoisotopic (exact) mass is 416 g/mol. The molecule has 1 amide bonds. The van der Waals surface area contributed by atoms with E-state index < -0.39 is 33.5 Å². The average Bonchev–Trinajstić information content (AvgIpc) is 3.37. The van der Waals surface area contributed by atoms with Gasteiger partial charge in [0, 0.05) is 11.6 Å². The average molecular weight is 416 g/mol. The Hall–Kier alpha value is -2.62. The maximum Gasteiger partial charge on any atom is 0.416 e. The van der Waals surface area contributed by atoms with E-state index in [9.17, 15) is 30.8 Å². The van der Waals surface area contributed by atoms with Gasteiger partial charge in [0.2, 0.25) is 15.9 Å². The maximum atomic E-state index is 13.7. The highest BCUT2D eigenvalue weighted by molar-refractivity contribution is 7.92. The Morgan fingerprint density at radius 3 is 2.32 bits per heavy atom. The zero-order valence-corrected chi connectivity index (χ0v) is 15.4. The first-order chi connectivity index (χ1) is 12.9. The standard InChI is InChI=1S/C18H16F4N2O3S/c1-28(26,27)24-16-8-12(6-7-15(16)19)23-17(25)14-9-13(14)10-2-4-11(5-3-10)18(20,21)22/h2-8,13-14,24H,9H2,1H3,(H,23,25). The van der Waals surface area contributed by atoms with Gasteiger partial charge in [0.25, 0.3) is 0 Å². The Morgan fingerprint density at radius 2 is 1.75 bits per heavy atom. The molecule has 2 aromatic rings. The first kappa shape index (κ1) is 20.1. The summed E-state index contributed by atoms with van der Waals surface area (Å²) in [5.74, 6) is -1.79. The fourth-order valence-corrected chi connectivity index (χ4v) is 3.44. The summed E-state index contributed by atoms with van der Waals surface area (Å²) < 4.78 is 76.1. The second-order valence-electron chi connectivity index (χ2n) is 6.63. The van der Waals surface area contributed by atoms with Crippen LogP contribution in [-0.2, 0) is 21.0 Å². The van der Waals surface area contributed by atoms with Gasteiger partial charge in [-0.15, -0.1) is 0 Å². The number of alkyl halides is 3. The van der Waals surface area contributed by atoms with E-state index in [1.807, 2.05) is 4.72 Å². The van der Waals surface area contributed by atoms with Crippen molar-refractivity contribution in [2.45, 2.75) is 18.5 Å². The van der Waals surface area contributed by atoms with Crippen LogP contribution in [0.5, 0.6) is 0 Å². The molecular weight excluding hydrogens is 400 g/mol. The lowest BCUT2D eigenvalue weighted by molar-refractivity contribution is -0.137. The van der Waals surface area contributed by atoms with Crippen molar-refractivity contribution in [2.75, 3.05) is 16.3 Å². The van der Waals surface area contributed by atoms with Gasteiger partial charge in [-0.1, -0.05) is 12.1 Å². The molecule has 0 bridgehead atoms. The molecule has 2 unspecified atom stereocenters. The molecule has 0 spiro atoms. The molecule has 0 aliphatic heterocycles. The molecule has 28 heavy (non-hydrogen) atoms. The van der Waals surface area contributed by atoms with E-state index in [0.717, 1.165) is 30.5 Å². The summed E-state index contributed by atoms with van der Waals surface area (Å²) in [6, 6.07) is 8.13. The van der Waals surface area contributed by atoms with Gasteiger partial charge in [-0.3, -0.25) is 9.52 Å². The molecule has 2 atom stereocenters. The molecule has 1 fully saturated rings. The lowest BCUT2D eigenvalue weighted by Gasteiger charge is -2.10. The number of hydrogen-bond acceptors (Lipinski definition) is 3. The fourth-order valence-electron chi connectivity index (χ4n) is 2.89. The van der Waals surface area contributed by atoms with Crippen molar-refractivity contribution >= 4 is 27.3 Å². The summed E-state index contributed by atoms with van der Waals surface area (Å²) in [6.45, 7) is 0. The van der Waals surface area contributed by atoms with Gasteiger partial charge < -0.3 is 5.32 Å². The number of anilines is 2. The third-order valence-corrected chi connectivity index (χ3v) is 4.91. The molecule has 0 saturated heterocycles. The van der Waals surface area contributed by atoms with Crippen molar-refractivity contribution in [3.8, 4) is 0 Å². The number of sulfonamides is 1. The number of nitrogens with one attached hydrogen (secondary N) is 2. The number of benzene rings is 2. The number of hydrogen-bond donors (Lipinski definition) is 2. The predicted octanol–water partition coefficient (Wildman–Crippen LogP) is 3.96. The summed E-state index contributed by atoms with van der Waals surface area (Å²) in [5.41, 5.74) is -0.215. The number of halogens is 4. The van der Waals surface area contributed by atoms with Crippen LogP contribution in [0.15, 0.2) is 42.5 Å². The van der Waals surface area contributed by atoms with Crippen LogP contribution in [0.1, 0.15) is 23.5 Å². The van der Waals surface area contributed by atoms with Crippen molar-refractivity contribution in [3.05, 3.63) is 59.4 Å². The zero-order valence-electron chi connectivity index (χ0n) is 14.5. The van der Waals surface area contributed by atoms with Crippen LogP contribution < -0.4 is 10.0 Å². The van der Waals surface area contributed by atoms with Gasteiger partial charge in [0.15, 0.2) is 0 Å². The molecule has 1 aliphatic rings. The molecule has 0 radical (unpaired) electrons. The molecule has 0 aromatic heterocycles. The molecule has 1 aliphatic carbocycles. The molecule has 2 aromatic carbocycles. The van der Waals surface area contributed by atoms with E-state index in [1.54, 1.807) is 0 Å². The smallest absolute Gasteiger partial charge is 0.326 e. The molecule has 3 rings (SSSR count). The van der Waals surface area contributed by atoms with Crippen molar-refractivity contribution in [3.63, 3.8) is 0 Å². The van der Waals surface area contributed by atoms with Crippen LogP contribution in [0.25, 0.3) is 0 Å². The Bertz CT molecular complexity index is 1000. The Balaban J connectivity index is 1.66. The third-order valence-electron chi connectivity index (χ3n) is 4.32. The van der Waals surface area contributed by atoms with Crippen molar-refractivity contribution in [1.29, 1.82) is 0 Å². The first-order valence-corrected chi connectivity index (χ1v) is 10.1. The van der Waals surface area contributed by atoms with Gasteiger partial charge in [-0.25, -0.2) is 12.8 Å². The quantitative estimate of drug-likeness (QED) is 0.725. The predicted molar refractivity (Wildman–Crippen MR) is 95.8 cm³/mol. The molecule has 2 N–H and O–H groups in total. The first-order valence-electron chi connectivity index (χ1n) is 8.19. The van der Waals surface area contributed by atoms with Crippen LogP contribution in [0.4, 0.5) is 28.9 Å². The highest BCUT2D eigenvalue weighted by Crippen LogP contribution is 2.48. The Morgan fingerprint density at radius 1 is 1.11 bits per heavy atom. The fraction of sp³-hybridized carbons (Fsp3) is 0.278. The molecule has 0 heterocycles. The summed E-state index contributed by atoms with van der Waals surface area (Å²) in [5, 5.41) is 2.57. The number of carbonyl (C=O) groups excluding carboxylic acids is 1. The SMILES string of the molecule is CS(=O)(=O)Nc1cc(NC(=O)C2CC2c2ccc(C(F)(F)F)cc2)ccc1F. The molecule has 150 valence electrons. The largest absolute Gasteiger partial charge is 0.416 e. The van der Waals surface area contributed by atoms with E-state index in [-0.39, 0.29) is 23.2 Å². The van der Waals surface area contributed by atoms with Gasteiger partial charge >= 0.3 is 6.18 Å². The number of rotatable bonds is 5. The van der Waals surface area contributed by atoms with E-state index in [2.05, 4.69) is 5.32 Å². The van der Waals surface area contributed by atoms with Gasteiger partial charge in [-0.2, -0.15) is 13.2 Å². The lowest BCUT2D eigenvalue weighted by atomic mass is 10.1. The molecule has 1 saturated carbocycles. The minimum absolute atomic E-state index is 0.198. The van der Waals surface area contributed by atoms with Crippen LogP contribution >= 0.6 is 0 Å². The molecule has 5 nitrogen and oxygen atoms in total. The normalized spacial score (nSPS) is 19.2.